The van der Waals surface area contributed by atoms with Gasteiger partial charge in [-0.15, -0.1) is 4.80 Å². The number of alkyl halides is 3. The van der Waals surface area contributed by atoms with Crippen molar-refractivity contribution < 1.29 is 23.1 Å². The number of rotatable bonds is 6. The lowest BCUT2D eigenvalue weighted by Gasteiger charge is -2.14. The van der Waals surface area contributed by atoms with Gasteiger partial charge in [0.15, 0.2) is 5.82 Å². The van der Waals surface area contributed by atoms with Crippen LogP contribution in [0, 0.1) is 6.92 Å². The minimum Gasteiger partial charge on any atom is -0.389 e. The quantitative estimate of drug-likeness (QED) is 0.468. The molecule has 4 rings (SSSR count). The van der Waals surface area contributed by atoms with Crippen molar-refractivity contribution >= 4 is 27.5 Å². The van der Waals surface area contributed by atoms with E-state index >= 15 is 0 Å². The fourth-order valence-corrected chi connectivity index (χ4v) is 4.21. The minimum atomic E-state index is -4.70. The number of carbonyl (C=O) groups is 1. The smallest absolute Gasteiger partial charge is 0.389 e. The van der Waals surface area contributed by atoms with Gasteiger partial charge in [-0.25, -0.2) is 15.0 Å². The number of Topliss-reactive ketones (excluding diaryl/α,β-unsaturated/α-hetero) is 1. The molecule has 0 bridgehead atoms. The fraction of sp³-hybridized carbons (Fsp3) is 0.300. The van der Waals surface area contributed by atoms with Crippen LogP contribution in [0.2, 0.25) is 0 Å². The fourth-order valence-electron chi connectivity index (χ4n) is 3.44. The Hall–Kier alpha value is -3.25. The lowest BCUT2D eigenvalue weighted by Crippen LogP contribution is -2.16. The van der Waals surface area contributed by atoms with Crippen molar-refractivity contribution in [3.63, 3.8) is 0 Å². The van der Waals surface area contributed by atoms with Gasteiger partial charge >= 0.3 is 6.18 Å². The monoisotopic (exact) mass is 462 g/mol. The predicted molar refractivity (Wildman–Crippen MR) is 109 cm³/mol. The summed E-state index contributed by atoms with van der Waals surface area (Å²) in [5, 5.41) is 18.4. The number of aliphatic hydroxyl groups is 1. The molecular formula is C20H17F3N6O2S. The van der Waals surface area contributed by atoms with Crippen molar-refractivity contribution in [3.05, 3.63) is 58.1 Å². The molecule has 0 saturated heterocycles. The Bertz CT molecular complexity index is 1280. The number of nitrogens with zero attached hydrogens (tertiary/aromatic N) is 6. The van der Waals surface area contributed by atoms with Crippen LogP contribution < -0.4 is 0 Å². The highest BCUT2D eigenvalue weighted by Gasteiger charge is 2.36. The molecule has 4 heterocycles. The van der Waals surface area contributed by atoms with Gasteiger partial charge in [-0.1, -0.05) is 11.3 Å². The van der Waals surface area contributed by atoms with E-state index < -0.39 is 23.7 Å². The molecule has 1 atom stereocenters. The zero-order chi connectivity index (χ0) is 23.0. The van der Waals surface area contributed by atoms with E-state index in [1.165, 1.54) is 36.1 Å². The Morgan fingerprint density at radius 3 is 2.56 bits per heavy atom. The first-order chi connectivity index (χ1) is 15.1. The summed E-state index contributed by atoms with van der Waals surface area (Å²) in [4.78, 5) is 26.7. The van der Waals surface area contributed by atoms with E-state index in [1.54, 1.807) is 6.92 Å². The third kappa shape index (κ3) is 4.36. The molecule has 0 saturated carbocycles. The van der Waals surface area contributed by atoms with Crippen LogP contribution >= 0.6 is 11.3 Å². The number of aliphatic hydroxyl groups excluding tert-OH is 1. The molecule has 0 amide bonds. The second-order valence-corrected chi connectivity index (χ2v) is 8.36. The van der Waals surface area contributed by atoms with Gasteiger partial charge in [0.05, 0.1) is 23.5 Å². The number of aromatic nitrogens is 6. The van der Waals surface area contributed by atoms with E-state index in [0.717, 1.165) is 15.9 Å². The van der Waals surface area contributed by atoms with Crippen molar-refractivity contribution in [1.82, 2.24) is 29.9 Å². The molecule has 0 aliphatic carbocycles. The molecule has 32 heavy (non-hydrogen) atoms. The van der Waals surface area contributed by atoms with Crippen LogP contribution in [0.3, 0.4) is 0 Å². The van der Waals surface area contributed by atoms with Gasteiger partial charge in [0, 0.05) is 30.8 Å². The zero-order valence-electron chi connectivity index (χ0n) is 17.0. The first-order valence-electron chi connectivity index (χ1n) is 9.51. The summed E-state index contributed by atoms with van der Waals surface area (Å²) in [7, 11) is 0. The highest BCUT2D eigenvalue weighted by Crippen LogP contribution is 2.33. The molecular weight excluding hydrogens is 445 g/mol. The van der Waals surface area contributed by atoms with Crippen LogP contribution in [0.15, 0.2) is 30.9 Å². The third-order valence-corrected chi connectivity index (χ3v) is 5.58. The van der Waals surface area contributed by atoms with Crippen molar-refractivity contribution in [2.24, 2.45) is 0 Å². The van der Waals surface area contributed by atoms with E-state index in [2.05, 4.69) is 25.1 Å². The zero-order valence-corrected chi connectivity index (χ0v) is 17.8. The lowest BCUT2D eigenvalue weighted by atomic mass is 9.97. The Kier molecular flexibility index (Phi) is 5.73. The summed E-state index contributed by atoms with van der Waals surface area (Å²) in [5.74, 6) is -0.816. The average molecular weight is 462 g/mol. The van der Waals surface area contributed by atoms with E-state index in [4.69, 9.17) is 0 Å². The van der Waals surface area contributed by atoms with Crippen LogP contribution in [0.4, 0.5) is 13.2 Å². The molecule has 4 aromatic rings. The maximum absolute atomic E-state index is 13.6. The highest BCUT2D eigenvalue weighted by atomic mass is 32.1. The lowest BCUT2D eigenvalue weighted by molar-refractivity contribution is -0.138. The number of hydrogen-bond acceptors (Lipinski definition) is 8. The van der Waals surface area contributed by atoms with Gasteiger partial charge in [-0.05, 0) is 31.0 Å². The van der Waals surface area contributed by atoms with E-state index in [1.807, 2.05) is 6.92 Å². The number of aryl methyl sites for hydroxylation is 1. The molecule has 0 aliphatic rings. The number of pyridine rings is 2. The van der Waals surface area contributed by atoms with E-state index in [-0.39, 0.29) is 24.2 Å². The third-order valence-electron chi connectivity index (χ3n) is 4.70. The van der Waals surface area contributed by atoms with Crippen LogP contribution in [0.1, 0.15) is 40.3 Å². The molecule has 12 heteroatoms. The summed E-state index contributed by atoms with van der Waals surface area (Å²) in [6, 6.07) is 0.879. The number of carbonyl (C=O) groups excluding carboxylic acids is 1. The van der Waals surface area contributed by atoms with Crippen LogP contribution in [-0.2, 0) is 23.8 Å². The molecule has 1 unspecified atom stereocenters. The number of thiazole rings is 1. The Balaban J connectivity index is 1.62. The minimum absolute atomic E-state index is 0.107. The van der Waals surface area contributed by atoms with Gasteiger partial charge in [0.2, 0.25) is 0 Å². The van der Waals surface area contributed by atoms with Crippen LogP contribution in [-0.4, -0.2) is 40.8 Å². The van der Waals surface area contributed by atoms with Gasteiger partial charge in [-0.2, -0.15) is 23.4 Å². The summed E-state index contributed by atoms with van der Waals surface area (Å²) >= 11 is 1.37. The van der Waals surface area contributed by atoms with Gasteiger partial charge in [0.25, 0.3) is 0 Å². The molecule has 0 aliphatic heterocycles. The molecule has 0 radical (unpaired) electrons. The SMILES string of the molecule is Cc1nc2c(C(C)O)c(CC(=O)Cc3cnc(-n4nccn4)c(C(F)(F)F)c3)cnc2s1. The molecule has 0 aromatic carbocycles. The maximum atomic E-state index is 13.6. The molecule has 0 spiro atoms. The number of ketones is 1. The summed E-state index contributed by atoms with van der Waals surface area (Å²) in [6.07, 6.45) is -0.768. The van der Waals surface area contributed by atoms with Crippen LogP contribution in [0.5, 0.6) is 0 Å². The first kappa shape index (κ1) is 22.0. The summed E-state index contributed by atoms with van der Waals surface area (Å²) < 4.78 is 40.7. The van der Waals surface area contributed by atoms with E-state index in [9.17, 15) is 23.1 Å². The second kappa shape index (κ2) is 8.36. The van der Waals surface area contributed by atoms with Gasteiger partial charge < -0.3 is 5.11 Å². The number of halogens is 3. The van der Waals surface area contributed by atoms with Crippen molar-refractivity contribution in [3.8, 4) is 5.82 Å². The second-order valence-electron chi connectivity index (χ2n) is 7.18. The number of fused-ring (bicyclic) bond motifs is 1. The van der Waals surface area contributed by atoms with Crippen molar-refractivity contribution in [1.29, 1.82) is 0 Å². The highest BCUT2D eigenvalue weighted by molar-refractivity contribution is 7.18. The topological polar surface area (TPSA) is 107 Å². The molecule has 8 nitrogen and oxygen atoms in total. The molecule has 0 fully saturated rings. The molecule has 1 N–H and O–H groups in total. The number of hydrogen-bond donors (Lipinski definition) is 1. The summed E-state index contributed by atoms with van der Waals surface area (Å²) in [5.41, 5.74) is 0.594. The normalized spacial score (nSPS) is 12.9. The predicted octanol–water partition coefficient (Wildman–Crippen LogP) is 3.40. The van der Waals surface area contributed by atoms with Crippen molar-refractivity contribution in [2.75, 3.05) is 0 Å². The Morgan fingerprint density at radius 2 is 1.91 bits per heavy atom. The maximum Gasteiger partial charge on any atom is 0.420 e. The van der Waals surface area contributed by atoms with Gasteiger partial charge in [-0.3, -0.25) is 4.79 Å². The molecule has 4 aromatic heterocycles. The standard InChI is InChI=1S/C20H17F3N6O2S/c1-10(30)16-13(9-25-19-17(16)28-11(2)32-19)7-14(31)5-12-6-15(20(21,22)23)18(24-8-12)29-26-3-4-27-29/h3-4,6,8-10,30H,5,7H2,1-2H3. The van der Waals surface area contributed by atoms with Crippen molar-refractivity contribution in [2.45, 2.75) is 39.0 Å². The van der Waals surface area contributed by atoms with E-state index in [0.29, 0.717) is 21.5 Å². The first-order valence-corrected chi connectivity index (χ1v) is 10.3. The summed E-state index contributed by atoms with van der Waals surface area (Å²) in [6.45, 7) is 3.38. The van der Waals surface area contributed by atoms with Gasteiger partial charge in [0.1, 0.15) is 21.7 Å². The average Bonchev–Trinajstić information content (AvgIpc) is 3.35. The Morgan fingerprint density at radius 1 is 1.19 bits per heavy atom. The Labute approximate surface area is 183 Å². The van der Waals surface area contributed by atoms with Crippen LogP contribution in [0.25, 0.3) is 16.2 Å². The largest absolute Gasteiger partial charge is 0.420 e. The molecule has 166 valence electrons.